The number of para-hydroxylation sites is 1. The molecule has 1 aliphatic carbocycles. The summed E-state index contributed by atoms with van der Waals surface area (Å²) < 4.78 is 33.0. The van der Waals surface area contributed by atoms with Gasteiger partial charge in [-0.2, -0.15) is 0 Å². The van der Waals surface area contributed by atoms with Crippen molar-refractivity contribution in [3.8, 4) is 5.75 Å². The summed E-state index contributed by atoms with van der Waals surface area (Å²) in [5.41, 5.74) is 0.614. The van der Waals surface area contributed by atoms with Crippen LogP contribution in [0, 0.1) is 11.8 Å². The number of hydrogen-bond acceptors (Lipinski definition) is 10. The van der Waals surface area contributed by atoms with Crippen LogP contribution in [-0.2, 0) is 33.3 Å². The van der Waals surface area contributed by atoms with Gasteiger partial charge in [-0.15, -0.1) is 0 Å². The van der Waals surface area contributed by atoms with E-state index in [1.54, 1.807) is 13.8 Å². The fourth-order valence-electron chi connectivity index (χ4n) is 4.54. The van der Waals surface area contributed by atoms with Gasteiger partial charge in [-0.3, -0.25) is 0 Å². The van der Waals surface area contributed by atoms with Gasteiger partial charge in [-0.1, -0.05) is 31.4 Å². The molecule has 2 atom stereocenters. The second kappa shape index (κ2) is 22.2. The lowest BCUT2D eigenvalue weighted by molar-refractivity contribution is -0.143. The highest BCUT2D eigenvalue weighted by Gasteiger charge is 2.23. The molecule has 0 radical (unpaired) electrons. The lowest BCUT2D eigenvalue weighted by atomic mass is 9.83. The fourth-order valence-corrected chi connectivity index (χ4v) is 4.54. The maximum Gasteiger partial charge on any atom is 0.407 e. The first-order valence-corrected chi connectivity index (χ1v) is 15.7. The van der Waals surface area contributed by atoms with Crippen molar-refractivity contribution in [1.29, 1.82) is 0 Å². The average Bonchev–Trinajstić information content (AvgIpc) is 3.02. The first-order chi connectivity index (χ1) is 21.6. The van der Waals surface area contributed by atoms with E-state index in [0.717, 1.165) is 37.9 Å². The minimum Gasteiger partial charge on any atom is -0.491 e. The van der Waals surface area contributed by atoms with Crippen LogP contribution in [0.5, 0.6) is 5.75 Å². The van der Waals surface area contributed by atoms with E-state index >= 15 is 0 Å². The number of carbonyl (C=O) groups is 3. The molecule has 2 N–H and O–H groups in total. The van der Waals surface area contributed by atoms with E-state index in [1.807, 2.05) is 30.3 Å². The fraction of sp³-hybridized carbons (Fsp3) is 0.618. The van der Waals surface area contributed by atoms with Crippen molar-refractivity contribution in [2.24, 2.45) is 11.8 Å². The zero-order valence-corrected chi connectivity index (χ0v) is 26.8. The lowest BCUT2D eigenvalue weighted by Crippen LogP contribution is -2.35. The Labute approximate surface area is 267 Å². The van der Waals surface area contributed by atoms with Crippen molar-refractivity contribution < 1.29 is 47.9 Å². The normalized spacial score (nSPS) is 17.4. The van der Waals surface area contributed by atoms with E-state index < -0.39 is 30.2 Å². The minimum absolute atomic E-state index is 0.0942. The van der Waals surface area contributed by atoms with E-state index in [1.165, 1.54) is 0 Å². The molecule has 1 aromatic carbocycles. The van der Waals surface area contributed by atoms with Crippen molar-refractivity contribution in [3.63, 3.8) is 0 Å². The number of nitrogens with one attached hydrogen (secondary N) is 1. The highest BCUT2D eigenvalue weighted by molar-refractivity contribution is 5.87. The topological polar surface area (TPSA) is 139 Å². The first-order valence-electron chi connectivity index (χ1n) is 15.7. The molecule has 1 aromatic rings. The smallest absolute Gasteiger partial charge is 0.407 e. The average molecular weight is 634 g/mol. The number of carbonyl (C=O) groups excluding carboxylic acids is 3. The summed E-state index contributed by atoms with van der Waals surface area (Å²) in [6.07, 6.45) is 4.00. The summed E-state index contributed by atoms with van der Waals surface area (Å²) in [6.45, 7) is 12.4. The van der Waals surface area contributed by atoms with Crippen LogP contribution in [-0.4, -0.2) is 88.1 Å². The molecule has 0 aromatic heterocycles. The van der Waals surface area contributed by atoms with Gasteiger partial charge in [0.2, 0.25) is 0 Å². The summed E-state index contributed by atoms with van der Waals surface area (Å²) in [5.74, 6) is 0.543. The molecule has 0 saturated heterocycles. The molecule has 2 unspecified atom stereocenters. The highest BCUT2D eigenvalue weighted by atomic mass is 16.6. The number of alkyl carbamates (subject to hydrolysis) is 1. The van der Waals surface area contributed by atoms with Gasteiger partial charge in [0.1, 0.15) is 25.1 Å². The summed E-state index contributed by atoms with van der Waals surface area (Å²) in [6, 6.07) is 9.37. The molecule has 1 aliphatic rings. The predicted octanol–water partition coefficient (Wildman–Crippen LogP) is 4.77. The monoisotopic (exact) mass is 633 g/mol. The Morgan fingerprint density at radius 3 is 2.04 bits per heavy atom. The third-order valence-electron chi connectivity index (χ3n) is 7.17. The number of ether oxygens (including phenoxy) is 6. The van der Waals surface area contributed by atoms with Crippen LogP contribution < -0.4 is 10.1 Å². The maximum absolute atomic E-state index is 12.4. The number of esters is 2. The van der Waals surface area contributed by atoms with Crippen LogP contribution in [0.4, 0.5) is 4.79 Å². The predicted molar refractivity (Wildman–Crippen MR) is 169 cm³/mol. The van der Waals surface area contributed by atoms with Crippen molar-refractivity contribution in [2.75, 3.05) is 52.8 Å². The molecule has 1 saturated carbocycles. The number of aliphatic hydroxyl groups is 1. The number of benzene rings is 1. The van der Waals surface area contributed by atoms with Gasteiger partial charge < -0.3 is 38.8 Å². The number of rotatable bonds is 22. The zero-order chi connectivity index (χ0) is 32.9. The van der Waals surface area contributed by atoms with E-state index in [0.29, 0.717) is 56.6 Å². The standard InChI is InChI=1S/C34H51NO10/c1-25(2)32(37)42-18-10-6-9-17-35-34(39)45-31(24-44-33(38)26(3)4)23-41-20-28-15-13-27(14-16-28)19-40-21-29(36)22-43-30-11-7-5-8-12-30/h5,7-8,11-12,27-29,31,36H,1,3,6,9-10,13-24H2,2,4H3,(H,35,39). The van der Waals surface area contributed by atoms with Crippen molar-refractivity contribution in [1.82, 2.24) is 5.32 Å². The molecule has 0 heterocycles. The molecule has 0 bridgehead atoms. The van der Waals surface area contributed by atoms with Gasteiger partial charge in [-0.25, -0.2) is 14.4 Å². The second-order valence-corrected chi connectivity index (χ2v) is 11.5. The molecule has 1 fully saturated rings. The van der Waals surface area contributed by atoms with Gasteiger partial charge in [0, 0.05) is 30.9 Å². The van der Waals surface area contributed by atoms with Crippen molar-refractivity contribution in [2.45, 2.75) is 71.0 Å². The van der Waals surface area contributed by atoms with E-state index in [4.69, 9.17) is 28.4 Å². The van der Waals surface area contributed by atoms with E-state index in [2.05, 4.69) is 18.5 Å². The van der Waals surface area contributed by atoms with Gasteiger partial charge >= 0.3 is 18.0 Å². The Bertz CT molecular complexity index is 1040. The van der Waals surface area contributed by atoms with Crippen molar-refractivity contribution in [3.05, 3.63) is 54.6 Å². The Hall–Kier alpha value is -3.41. The number of aliphatic hydroxyl groups excluding tert-OH is 1. The minimum atomic E-state index is -0.767. The van der Waals surface area contributed by atoms with Crippen LogP contribution in [0.15, 0.2) is 54.6 Å². The Balaban J connectivity index is 1.61. The molecular weight excluding hydrogens is 582 g/mol. The number of amides is 1. The maximum atomic E-state index is 12.4. The van der Waals surface area contributed by atoms with E-state index in [9.17, 15) is 19.5 Å². The van der Waals surface area contributed by atoms with Crippen LogP contribution in [0.1, 0.15) is 58.8 Å². The summed E-state index contributed by atoms with van der Waals surface area (Å²) in [7, 11) is 0. The van der Waals surface area contributed by atoms with Gasteiger partial charge in [0.25, 0.3) is 0 Å². The van der Waals surface area contributed by atoms with E-state index in [-0.39, 0.29) is 32.0 Å². The molecule has 252 valence electrons. The van der Waals surface area contributed by atoms with Crippen LogP contribution in [0.25, 0.3) is 0 Å². The second-order valence-electron chi connectivity index (χ2n) is 11.5. The third-order valence-corrected chi connectivity index (χ3v) is 7.17. The van der Waals surface area contributed by atoms with Gasteiger partial charge in [0.05, 0.1) is 19.8 Å². The molecule has 0 aliphatic heterocycles. The molecule has 11 heteroatoms. The SMILES string of the molecule is C=C(C)C(=O)OCCCCCNC(=O)OC(COCC1CCC(COCC(O)COc2ccccc2)CC1)COC(=O)C(=C)C. The third kappa shape index (κ3) is 17.6. The molecular formula is C34H51NO10. The summed E-state index contributed by atoms with van der Waals surface area (Å²) in [4.78, 5) is 35.6. The Kier molecular flexibility index (Phi) is 18.6. The zero-order valence-electron chi connectivity index (χ0n) is 26.8. The molecule has 45 heavy (non-hydrogen) atoms. The van der Waals surface area contributed by atoms with Crippen LogP contribution in [0.3, 0.4) is 0 Å². The number of unbranched alkanes of at least 4 members (excludes halogenated alkanes) is 2. The van der Waals surface area contributed by atoms with Crippen LogP contribution in [0.2, 0.25) is 0 Å². The largest absolute Gasteiger partial charge is 0.491 e. The molecule has 0 spiro atoms. The first kappa shape index (κ1) is 37.8. The molecule has 1 amide bonds. The number of hydrogen-bond donors (Lipinski definition) is 2. The highest BCUT2D eigenvalue weighted by Crippen LogP contribution is 2.29. The van der Waals surface area contributed by atoms with Crippen LogP contribution >= 0.6 is 0 Å². The quantitative estimate of drug-likeness (QED) is 0.0795. The lowest BCUT2D eigenvalue weighted by Gasteiger charge is -2.29. The molecule has 11 nitrogen and oxygen atoms in total. The summed E-state index contributed by atoms with van der Waals surface area (Å²) >= 11 is 0. The summed E-state index contributed by atoms with van der Waals surface area (Å²) in [5, 5.41) is 12.8. The Morgan fingerprint density at radius 1 is 0.822 bits per heavy atom. The van der Waals surface area contributed by atoms with Gasteiger partial charge in [0.15, 0.2) is 6.10 Å². The molecule has 2 rings (SSSR count). The van der Waals surface area contributed by atoms with Crippen molar-refractivity contribution >= 4 is 18.0 Å². The van der Waals surface area contributed by atoms with Gasteiger partial charge in [-0.05, 0) is 82.8 Å². The Morgan fingerprint density at radius 2 is 1.42 bits per heavy atom.